The van der Waals surface area contributed by atoms with E-state index < -0.39 is 0 Å². The van der Waals surface area contributed by atoms with Crippen LogP contribution in [-0.2, 0) is 0 Å². The largest absolute Gasteiger partial charge is 0.473 e. The number of hydrogen-bond acceptors (Lipinski definition) is 3. The van der Waals surface area contributed by atoms with Crippen LogP contribution in [0.3, 0.4) is 0 Å². The molecule has 0 aliphatic heterocycles. The Hall–Kier alpha value is -2.82. The highest BCUT2D eigenvalue weighted by Crippen LogP contribution is 2.13. The minimum Gasteiger partial charge on any atom is -0.473 e. The molecule has 5 nitrogen and oxygen atoms in total. The van der Waals surface area contributed by atoms with Crippen molar-refractivity contribution in [3.63, 3.8) is 0 Å². The summed E-state index contributed by atoms with van der Waals surface area (Å²) in [4.78, 5) is 16.8. The SMILES string of the molecule is Cc1ccn2c(C(=O)NCOc3ccccc3)c(C)nc2c1. The van der Waals surface area contributed by atoms with Crippen LogP contribution in [0.4, 0.5) is 0 Å². The van der Waals surface area contributed by atoms with E-state index in [4.69, 9.17) is 4.74 Å². The number of rotatable bonds is 4. The van der Waals surface area contributed by atoms with Crippen LogP contribution in [0.15, 0.2) is 48.7 Å². The van der Waals surface area contributed by atoms with Crippen molar-refractivity contribution in [3.05, 3.63) is 65.6 Å². The van der Waals surface area contributed by atoms with E-state index in [1.807, 2.05) is 62.5 Å². The van der Waals surface area contributed by atoms with E-state index in [0.717, 1.165) is 11.2 Å². The summed E-state index contributed by atoms with van der Waals surface area (Å²) in [6, 6.07) is 13.3. The fraction of sp³-hybridized carbons (Fsp3) is 0.176. The predicted molar refractivity (Wildman–Crippen MR) is 84.1 cm³/mol. The monoisotopic (exact) mass is 295 g/mol. The summed E-state index contributed by atoms with van der Waals surface area (Å²) < 4.78 is 7.28. The van der Waals surface area contributed by atoms with Crippen molar-refractivity contribution in [2.24, 2.45) is 0 Å². The number of aryl methyl sites for hydroxylation is 2. The highest BCUT2D eigenvalue weighted by atomic mass is 16.5. The molecule has 0 saturated heterocycles. The third-order valence-electron chi connectivity index (χ3n) is 3.39. The molecule has 0 radical (unpaired) electrons. The van der Waals surface area contributed by atoms with E-state index in [1.54, 1.807) is 4.40 Å². The maximum atomic E-state index is 12.4. The Balaban J connectivity index is 1.74. The van der Waals surface area contributed by atoms with Gasteiger partial charge in [-0.3, -0.25) is 9.20 Å². The zero-order chi connectivity index (χ0) is 15.5. The normalized spacial score (nSPS) is 10.6. The summed E-state index contributed by atoms with van der Waals surface area (Å²) in [6.07, 6.45) is 1.86. The van der Waals surface area contributed by atoms with Crippen LogP contribution < -0.4 is 10.1 Å². The lowest BCUT2D eigenvalue weighted by atomic mass is 10.3. The zero-order valence-electron chi connectivity index (χ0n) is 12.5. The van der Waals surface area contributed by atoms with Crippen molar-refractivity contribution >= 4 is 11.6 Å². The molecule has 0 fully saturated rings. The van der Waals surface area contributed by atoms with Crippen LogP contribution in [0.25, 0.3) is 5.65 Å². The number of para-hydroxylation sites is 1. The molecule has 2 aromatic heterocycles. The summed E-state index contributed by atoms with van der Waals surface area (Å²) >= 11 is 0. The number of pyridine rings is 1. The lowest BCUT2D eigenvalue weighted by Crippen LogP contribution is -2.29. The second-order valence-electron chi connectivity index (χ2n) is 5.09. The lowest BCUT2D eigenvalue weighted by Gasteiger charge is -2.08. The second-order valence-corrected chi connectivity index (χ2v) is 5.09. The highest BCUT2D eigenvalue weighted by Gasteiger charge is 2.16. The Bertz CT molecular complexity index is 809. The molecule has 0 aliphatic rings. The predicted octanol–water partition coefficient (Wildman–Crippen LogP) is 2.72. The fourth-order valence-electron chi connectivity index (χ4n) is 2.32. The Morgan fingerprint density at radius 2 is 2.00 bits per heavy atom. The Morgan fingerprint density at radius 3 is 2.77 bits per heavy atom. The number of benzene rings is 1. The molecule has 0 spiro atoms. The van der Waals surface area contributed by atoms with Gasteiger partial charge in [0.15, 0.2) is 6.73 Å². The third-order valence-corrected chi connectivity index (χ3v) is 3.39. The Kier molecular flexibility index (Phi) is 3.78. The van der Waals surface area contributed by atoms with Crippen LogP contribution in [0.1, 0.15) is 21.7 Å². The van der Waals surface area contributed by atoms with Crippen molar-refractivity contribution in [1.29, 1.82) is 0 Å². The van der Waals surface area contributed by atoms with Gasteiger partial charge >= 0.3 is 0 Å². The summed E-state index contributed by atoms with van der Waals surface area (Å²) in [5, 5.41) is 2.76. The van der Waals surface area contributed by atoms with E-state index in [2.05, 4.69) is 10.3 Å². The topological polar surface area (TPSA) is 55.6 Å². The van der Waals surface area contributed by atoms with Crippen molar-refractivity contribution in [2.75, 3.05) is 6.73 Å². The molecule has 22 heavy (non-hydrogen) atoms. The molecule has 1 aromatic carbocycles. The van der Waals surface area contributed by atoms with Crippen molar-refractivity contribution in [3.8, 4) is 5.75 Å². The smallest absolute Gasteiger partial charge is 0.272 e. The maximum Gasteiger partial charge on any atom is 0.272 e. The molecule has 0 atom stereocenters. The first kappa shape index (κ1) is 14.1. The number of nitrogens with one attached hydrogen (secondary N) is 1. The molecule has 3 rings (SSSR count). The van der Waals surface area contributed by atoms with Gasteiger partial charge in [-0.05, 0) is 43.7 Å². The number of hydrogen-bond donors (Lipinski definition) is 1. The van der Waals surface area contributed by atoms with Crippen LogP contribution >= 0.6 is 0 Å². The number of fused-ring (bicyclic) bond motifs is 1. The summed E-state index contributed by atoms with van der Waals surface area (Å²) in [5.74, 6) is 0.512. The van der Waals surface area contributed by atoms with Crippen LogP contribution in [-0.4, -0.2) is 22.0 Å². The molecule has 1 N–H and O–H groups in total. The molecule has 0 unspecified atom stereocenters. The van der Waals surface area contributed by atoms with Gasteiger partial charge in [0.2, 0.25) is 0 Å². The number of ether oxygens (including phenoxy) is 1. The lowest BCUT2D eigenvalue weighted by molar-refractivity contribution is 0.0912. The number of nitrogens with zero attached hydrogens (tertiary/aromatic N) is 2. The minimum absolute atomic E-state index is 0.112. The van der Waals surface area contributed by atoms with Crippen LogP contribution in [0.5, 0.6) is 5.75 Å². The number of aromatic nitrogens is 2. The molecule has 1 amide bonds. The van der Waals surface area contributed by atoms with Gasteiger partial charge in [0.1, 0.15) is 17.1 Å². The van der Waals surface area contributed by atoms with E-state index >= 15 is 0 Å². The molecule has 5 heteroatoms. The van der Waals surface area contributed by atoms with E-state index in [1.165, 1.54) is 0 Å². The highest BCUT2D eigenvalue weighted by molar-refractivity contribution is 5.94. The van der Waals surface area contributed by atoms with Gasteiger partial charge in [0, 0.05) is 6.20 Å². The fourth-order valence-corrected chi connectivity index (χ4v) is 2.32. The van der Waals surface area contributed by atoms with Gasteiger partial charge in [0.25, 0.3) is 5.91 Å². The van der Waals surface area contributed by atoms with E-state index in [9.17, 15) is 4.79 Å². The van der Waals surface area contributed by atoms with E-state index in [-0.39, 0.29) is 12.6 Å². The van der Waals surface area contributed by atoms with Crippen molar-refractivity contribution < 1.29 is 9.53 Å². The summed E-state index contributed by atoms with van der Waals surface area (Å²) in [5.41, 5.74) is 3.11. The summed E-state index contributed by atoms with van der Waals surface area (Å²) in [6.45, 7) is 3.94. The molecule has 0 bridgehead atoms. The average Bonchev–Trinajstić information content (AvgIpc) is 2.83. The summed E-state index contributed by atoms with van der Waals surface area (Å²) in [7, 11) is 0. The third kappa shape index (κ3) is 2.79. The molecule has 2 heterocycles. The molecule has 0 aliphatic carbocycles. The molecule has 112 valence electrons. The van der Waals surface area contributed by atoms with Crippen LogP contribution in [0, 0.1) is 13.8 Å². The number of carbonyl (C=O) groups excluding carboxylic acids is 1. The Labute approximate surface area is 128 Å². The quantitative estimate of drug-likeness (QED) is 0.753. The zero-order valence-corrected chi connectivity index (χ0v) is 12.5. The van der Waals surface area contributed by atoms with Crippen molar-refractivity contribution in [1.82, 2.24) is 14.7 Å². The second kappa shape index (κ2) is 5.89. The first-order chi connectivity index (χ1) is 10.6. The van der Waals surface area contributed by atoms with Gasteiger partial charge in [-0.2, -0.15) is 0 Å². The van der Waals surface area contributed by atoms with Gasteiger partial charge in [0.05, 0.1) is 5.69 Å². The molecular weight excluding hydrogens is 278 g/mol. The van der Waals surface area contributed by atoms with Gasteiger partial charge in [-0.15, -0.1) is 0 Å². The number of amides is 1. The first-order valence-corrected chi connectivity index (χ1v) is 7.06. The van der Waals surface area contributed by atoms with Crippen LogP contribution in [0.2, 0.25) is 0 Å². The first-order valence-electron chi connectivity index (χ1n) is 7.06. The molecular formula is C17H17N3O2. The maximum absolute atomic E-state index is 12.4. The molecule has 3 aromatic rings. The van der Waals surface area contributed by atoms with Crippen molar-refractivity contribution in [2.45, 2.75) is 13.8 Å². The van der Waals surface area contributed by atoms with Gasteiger partial charge in [-0.25, -0.2) is 4.98 Å². The standard InChI is InChI=1S/C17H17N3O2/c1-12-8-9-20-15(10-12)19-13(2)16(20)17(21)18-11-22-14-6-4-3-5-7-14/h3-10H,11H2,1-2H3,(H,18,21). The number of imidazole rings is 1. The van der Waals surface area contributed by atoms with E-state index in [0.29, 0.717) is 17.1 Å². The Morgan fingerprint density at radius 1 is 1.23 bits per heavy atom. The van der Waals surface area contributed by atoms with Gasteiger partial charge < -0.3 is 10.1 Å². The molecule has 0 saturated carbocycles. The number of carbonyl (C=O) groups is 1. The minimum atomic E-state index is -0.204. The van der Waals surface area contributed by atoms with Gasteiger partial charge in [-0.1, -0.05) is 18.2 Å². The average molecular weight is 295 g/mol.